The molecule has 0 heterocycles. The molecule has 1 aliphatic carbocycles. The van der Waals surface area contributed by atoms with Gasteiger partial charge in [-0.25, -0.2) is 0 Å². The van der Waals surface area contributed by atoms with Crippen LogP contribution in [0.4, 0.5) is 11.4 Å². The molecule has 116 valence electrons. The molecule has 1 aromatic rings. The molecule has 0 aliphatic heterocycles. The lowest BCUT2D eigenvalue weighted by atomic mass is 9.83. The summed E-state index contributed by atoms with van der Waals surface area (Å²) in [6.45, 7) is 3.75. The van der Waals surface area contributed by atoms with Crippen molar-refractivity contribution in [3.63, 3.8) is 0 Å². The Morgan fingerprint density at radius 2 is 2.14 bits per heavy atom. The first-order valence-corrected chi connectivity index (χ1v) is 8.57. The Morgan fingerprint density at radius 1 is 1.43 bits per heavy atom. The summed E-state index contributed by atoms with van der Waals surface area (Å²) < 4.78 is 0.689. The van der Waals surface area contributed by atoms with Gasteiger partial charge in [-0.3, -0.25) is 10.1 Å². The standard InChI is InChI=1S/C15H22IN3O2/c1-2-18(14-6-4-3-5-11(14)10-17)12-7-8-15(19(20)21)13(16)9-12/h7-9,11,14H,2-6,10,17H2,1H3. The van der Waals surface area contributed by atoms with E-state index in [1.54, 1.807) is 6.07 Å². The fourth-order valence-corrected chi connectivity index (χ4v) is 4.00. The minimum Gasteiger partial charge on any atom is -0.368 e. The lowest BCUT2D eigenvalue weighted by Crippen LogP contribution is -2.45. The second-order valence-corrected chi connectivity index (χ2v) is 6.69. The van der Waals surface area contributed by atoms with Crippen LogP contribution < -0.4 is 10.6 Å². The minimum absolute atomic E-state index is 0.175. The highest BCUT2D eigenvalue weighted by atomic mass is 127. The van der Waals surface area contributed by atoms with Crippen LogP contribution in [0, 0.1) is 19.6 Å². The fraction of sp³-hybridized carbons (Fsp3) is 0.600. The minimum atomic E-state index is -0.328. The van der Waals surface area contributed by atoms with Gasteiger partial charge >= 0.3 is 0 Å². The van der Waals surface area contributed by atoms with Gasteiger partial charge in [0.05, 0.1) is 8.49 Å². The molecule has 1 aliphatic rings. The Morgan fingerprint density at radius 3 is 2.71 bits per heavy atom. The summed E-state index contributed by atoms with van der Waals surface area (Å²) in [5.41, 5.74) is 7.18. The monoisotopic (exact) mass is 403 g/mol. The molecule has 0 bridgehead atoms. The summed E-state index contributed by atoms with van der Waals surface area (Å²) in [4.78, 5) is 13.0. The predicted octanol–water partition coefficient (Wildman–Crippen LogP) is 3.54. The van der Waals surface area contributed by atoms with Gasteiger partial charge < -0.3 is 10.6 Å². The molecule has 2 rings (SSSR count). The Balaban J connectivity index is 2.28. The van der Waals surface area contributed by atoms with Gasteiger partial charge in [0.15, 0.2) is 0 Å². The van der Waals surface area contributed by atoms with Gasteiger partial charge in [0.25, 0.3) is 5.69 Å². The first kappa shape index (κ1) is 16.5. The maximum absolute atomic E-state index is 10.9. The highest BCUT2D eigenvalue weighted by molar-refractivity contribution is 14.1. The van der Waals surface area contributed by atoms with Crippen molar-refractivity contribution < 1.29 is 4.92 Å². The smallest absolute Gasteiger partial charge is 0.282 e. The second kappa shape index (κ2) is 7.40. The zero-order valence-electron chi connectivity index (χ0n) is 12.3. The molecule has 0 amide bonds. The van der Waals surface area contributed by atoms with E-state index in [1.807, 2.05) is 34.7 Å². The van der Waals surface area contributed by atoms with Crippen molar-refractivity contribution in [2.24, 2.45) is 11.7 Å². The van der Waals surface area contributed by atoms with Crippen LogP contribution in [-0.4, -0.2) is 24.1 Å². The molecule has 21 heavy (non-hydrogen) atoms. The second-order valence-electron chi connectivity index (χ2n) is 5.53. The number of benzene rings is 1. The Hall–Kier alpha value is -0.890. The molecule has 0 radical (unpaired) electrons. The largest absolute Gasteiger partial charge is 0.368 e. The van der Waals surface area contributed by atoms with Crippen molar-refractivity contribution in [2.75, 3.05) is 18.0 Å². The number of nitro groups is 1. The molecule has 0 spiro atoms. The van der Waals surface area contributed by atoms with Crippen LogP contribution in [0.15, 0.2) is 18.2 Å². The molecule has 2 atom stereocenters. The summed E-state index contributed by atoms with van der Waals surface area (Å²) in [6, 6.07) is 5.85. The van der Waals surface area contributed by atoms with E-state index in [2.05, 4.69) is 11.8 Å². The van der Waals surface area contributed by atoms with Crippen LogP contribution in [0.3, 0.4) is 0 Å². The molecule has 1 aromatic carbocycles. The lowest BCUT2D eigenvalue weighted by Gasteiger charge is -2.40. The zero-order chi connectivity index (χ0) is 15.4. The van der Waals surface area contributed by atoms with E-state index in [0.717, 1.165) is 18.7 Å². The third-order valence-corrected chi connectivity index (χ3v) is 5.24. The van der Waals surface area contributed by atoms with Crippen molar-refractivity contribution in [3.05, 3.63) is 31.9 Å². The van der Waals surface area contributed by atoms with E-state index in [0.29, 0.717) is 22.1 Å². The molecule has 6 heteroatoms. The molecule has 0 aromatic heterocycles. The molecule has 1 saturated carbocycles. The molecule has 0 saturated heterocycles. The van der Waals surface area contributed by atoms with Gasteiger partial charge in [0, 0.05) is 24.3 Å². The molecule has 2 N–H and O–H groups in total. The highest BCUT2D eigenvalue weighted by Gasteiger charge is 2.29. The zero-order valence-corrected chi connectivity index (χ0v) is 14.5. The quantitative estimate of drug-likeness (QED) is 0.464. The summed E-state index contributed by atoms with van der Waals surface area (Å²) in [5.74, 6) is 0.520. The normalized spacial score (nSPS) is 22.0. The summed E-state index contributed by atoms with van der Waals surface area (Å²) >= 11 is 2.04. The lowest BCUT2D eigenvalue weighted by molar-refractivity contribution is -0.385. The van der Waals surface area contributed by atoms with Crippen LogP contribution in [-0.2, 0) is 0 Å². The topological polar surface area (TPSA) is 72.4 Å². The summed E-state index contributed by atoms with van der Waals surface area (Å²) in [7, 11) is 0. The van der Waals surface area contributed by atoms with Crippen LogP contribution in [0.1, 0.15) is 32.6 Å². The highest BCUT2D eigenvalue weighted by Crippen LogP contribution is 2.33. The third kappa shape index (κ3) is 3.66. The number of rotatable bonds is 5. The van der Waals surface area contributed by atoms with Gasteiger partial charge in [0.1, 0.15) is 0 Å². The molecule has 5 nitrogen and oxygen atoms in total. The number of hydrogen-bond acceptors (Lipinski definition) is 4. The van der Waals surface area contributed by atoms with E-state index < -0.39 is 0 Å². The van der Waals surface area contributed by atoms with Crippen molar-refractivity contribution >= 4 is 34.0 Å². The van der Waals surface area contributed by atoms with Crippen molar-refractivity contribution in [3.8, 4) is 0 Å². The van der Waals surface area contributed by atoms with Gasteiger partial charge in [-0.15, -0.1) is 0 Å². The number of halogens is 1. The maximum atomic E-state index is 10.9. The molecule has 2 unspecified atom stereocenters. The van der Waals surface area contributed by atoms with E-state index >= 15 is 0 Å². The summed E-state index contributed by atoms with van der Waals surface area (Å²) in [6.07, 6.45) is 4.83. The van der Waals surface area contributed by atoms with E-state index in [-0.39, 0.29) is 10.6 Å². The Kier molecular flexibility index (Phi) is 5.80. The number of nitro benzene ring substituents is 1. The Labute approximate surface area is 139 Å². The third-order valence-electron chi connectivity index (χ3n) is 4.37. The van der Waals surface area contributed by atoms with Gasteiger partial charge in [-0.05, 0) is 67.0 Å². The molecular weight excluding hydrogens is 381 g/mol. The Bertz CT molecular complexity index is 510. The van der Waals surface area contributed by atoms with Gasteiger partial charge in [-0.1, -0.05) is 12.8 Å². The van der Waals surface area contributed by atoms with E-state index in [4.69, 9.17) is 5.73 Å². The van der Waals surface area contributed by atoms with E-state index in [9.17, 15) is 10.1 Å². The SMILES string of the molecule is CCN(c1ccc([N+](=O)[O-])c(I)c1)C1CCCCC1CN. The predicted molar refractivity (Wildman–Crippen MR) is 93.6 cm³/mol. The van der Waals surface area contributed by atoms with Crippen LogP contribution in [0.25, 0.3) is 0 Å². The number of nitrogens with zero attached hydrogens (tertiary/aromatic N) is 2. The van der Waals surface area contributed by atoms with Gasteiger partial charge in [-0.2, -0.15) is 0 Å². The average Bonchev–Trinajstić information content (AvgIpc) is 2.48. The number of hydrogen-bond donors (Lipinski definition) is 1. The van der Waals surface area contributed by atoms with Gasteiger partial charge in [0.2, 0.25) is 0 Å². The molecular formula is C15H22IN3O2. The van der Waals surface area contributed by atoms with E-state index in [1.165, 1.54) is 19.3 Å². The maximum Gasteiger partial charge on any atom is 0.282 e. The number of nitrogens with two attached hydrogens (primary N) is 1. The van der Waals surface area contributed by atoms with Crippen molar-refractivity contribution in [1.82, 2.24) is 0 Å². The fourth-order valence-electron chi connectivity index (χ4n) is 3.30. The van der Waals surface area contributed by atoms with Crippen LogP contribution in [0.5, 0.6) is 0 Å². The first-order chi connectivity index (χ1) is 10.1. The summed E-state index contributed by atoms with van der Waals surface area (Å²) in [5, 5.41) is 10.9. The molecule has 1 fully saturated rings. The van der Waals surface area contributed by atoms with Crippen LogP contribution >= 0.6 is 22.6 Å². The number of anilines is 1. The van der Waals surface area contributed by atoms with Crippen molar-refractivity contribution in [2.45, 2.75) is 38.6 Å². The van der Waals surface area contributed by atoms with Crippen molar-refractivity contribution in [1.29, 1.82) is 0 Å². The first-order valence-electron chi connectivity index (χ1n) is 7.49. The average molecular weight is 403 g/mol. The van der Waals surface area contributed by atoms with Crippen LogP contribution in [0.2, 0.25) is 0 Å².